The molecule has 9 aromatic carbocycles. The molecule has 0 saturated carbocycles. The zero-order valence-corrected chi connectivity index (χ0v) is 27.0. The van der Waals surface area contributed by atoms with Crippen molar-refractivity contribution in [2.24, 2.45) is 0 Å². The van der Waals surface area contributed by atoms with E-state index in [2.05, 4.69) is 182 Å². The van der Waals surface area contributed by atoms with Crippen molar-refractivity contribution in [3.8, 4) is 55.6 Å². The second-order valence-corrected chi connectivity index (χ2v) is 13.2. The average molecular weight is 621 g/mol. The molecule has 0 nitrogen and oxygen atoms in total. The van der Waals surface area contributed by atoms with E-state index in [4.69, 9.17) is 0 Å². The van der Waals surface area contributed by atoms with Gasteiger partial charge in [-0.3, -0.25) is 0 Å². The van der Waals surface area contributed by atoms with Gasteiger partial charge in [-0.1, -0.05) is 176 Å². The summed E-state index contributed by atoms with van der Waals surface area (Å²) in [6.07, 6.45) is 0.972. The number of benzene rings is 9. The Hall–Kier alpha value is -6.24. The summed E-state index contributed by atoms with van der Waals surface area (Å²) in [5.41, 5.74) is 15.6. The monoisotopic (exact) mass is 620 g/mol. The van der Waals surface area contributed by atoms with Crippen LogP contribution in [0.25, 0.3) is 88.0 Å². The maximum atomic E-state index is 2.44. The number of rotatable bonds is 4. The van der Waals surface area contributed by atoms with E-state index >= 15 is 0 Å². The predicted molar refractivity (Wildman–Crippen MR) is 209 cm³/mol. The average Bonchev–Trinajstić information content (AvgIpc) is 3.55. The lowest BCUT2D eigenvalue weighted by atomic mass is 9.80. The van der Waals surface area contributed by atoms with Crippen molar-refractivity contribution < 1.29 is 0 Å². The van der Waals surface area contributed by atoms with Gasteiger partial charge in [0.05, 0.1) is 0 Å². The molecule has 1 aliphatic rings. The first-order chi connectivity index (χ1) is 24.3. The predicted octanol–water partition coefficient (Wildman–Crippen LogP) is 13.4. The Labute approximate surface area is 286 Å². The Morgan fingerprint density at radius 1 is 0.265 bits per heavy atom. The van der Waals surface area contributed by atoms with E-state index in [1.54, 1.807) is 0 Å². The first kappa shape index (κ1) is 27.8. The maximum Gasteiger partial charge on any atom is -0.00132 e. The molecule has 0 radical (unpaired) electrons. The molecular formula is C49H32. The van der Waals surface area contributed by atoms with Crippen molar-refractivity contribution >= 4 is 32.3 Å². The lowest BCUT2D eigenvalue weighted by Gasteiger charge is -2.22. The minimum absolute atomic E-state index is 0.972. The molecule has 0 spiro atoms. The minimum atomic E-state index is 0.972. The van der Waals surface area contributed by atoms with Gasteiger partial charge in [0.2, 0.25) is 0 Å². The third kappa shape index (κ3) is 4.45. The Balaban J connectivity index is 1.30. The molecule has 0 heteroatoms. The van der Waals surface area contributed by atoms with Crippen molar-refractivity contribution in [2.75, 3.05) is 0 Å². The summed E-state index contributed by atoms with van der Waals surface area (Å²) >= 11 is 0. The molecule has 0 N–H and O–H groups in total. The van der Waals surface area contributed by atoms with Gasteiger partial charge in [-0.2, -0.15) is 0 Å². The number of hydrogen-bond acceptors (Lipinski definition) is 0. The third-order valence-electron chi connectivity index (χ3n) is 10.5. The molecule has 0 heterocycles. The molecule has 0 atom stereocenters. The van der Waals surface area contributed by atoms with Crippen molar-refractivity contribution in [2.45, 2.75) is 6.42 Å². The van der Waals surface area contributed by atoms with Crippen LogP contribution in [0.5, 0.6) is 0 Å². The van der Waals surface area contributed by atoms with Gasteiger partial charge in [-0.05, 0) is 112 Å². The van der Waals surface area contributed by atoms with Crippen molar-refractivity contribution in [1.29, 1.82) is 0 Å². The van der Waals surface area contributed by atoms with Crippen LogP contribution in [0.3, 0.4) is 0 Å². The lowest BCUT2D eigenvalue weighted by molar-refractivity contribution is 1.26. The minimum Gasteiger partial charge on any atom is -0.0622 e. The van der Waals surface area contributed by atoms with Crippen LogP contribution in [0.4, 0.5) is 0 Å². The van der Waals surface area contributed by atoms with Crippen LogP contribution >= 0.6 is 0 Å². The van der Waals surface area contributed by atoms with Gasteiger partial charge in [0.25, 0.3) is 0 Å². The molecule has 10 rings (SSSR count). The van der Waals surface area contributed by atoms with Crippen LogP contribution < -0.4 is 0 Å². The van der Waals surface area contributed by atoms with Gasteiger partial charge in [0.15, 0.2) is 0 Å². The van der Waals surface area contributed by atoms with E-state index in [0.29, 0.717) is 0 Å². The quantitative estimate of drug-likeness (QED) is 0.172. The SMILES string of the molecule is c1ccc(-c2cccc(-c3ccc4c(c3)Cc3ccccc3-4)c2-c2c3ccccc3c(-c3ccc4ccccc4c3)c3ccccc23)cc1. The van der Waals surface area contributed by atoms with Crippen LogP contribution in [0, 0.1) is 0 Å². The van der Waals surface area contributed by atoms with Crippen LogP contribution in [0.1, 0.15) is 11.1 Å². The summed E-state index contributed by atoms with van der Waals surface area (Å²) in [7, 11) is 0. The molecule has 0 fully saturated rings. The summed E-state index contributed by atoms with van der Waals surface area (Å²) in [6, 6.07) is 67.3. The lowest BCUT2D eigenvalue weighted by Crippen LogP contribution is -1.96. The smallest absolute Gasteiger partial charge is 0.00132 e. The number of fused-ring (bicyclic) bond motifs is 6. The molecule has 0 bridgehead atoms. The molecular weight excluding hydrogens is 589 g/mol. The van der Waals surface area contributed by atoms with Gasteiger partial charge < -0.3 is 0 Å². The zero-order valence-electron chi connectivity index (χ0n) is 27.0. The van der Waals surface area contributed by atoms with Crippen LogP contribution in [-0.4, -0.2) is 0 Å². The summed E-state index contributed by atoms with van der Waals surface area (Å²) in [5.74, 6) is 0. The van der Waals surface area contributed by atoms with Crippen LogP contribution in [-0.2, 0) is 6.42 Å². The van der Waals surface area contributed by atoms with E-state index < -0.39 is 0 Å². The van der Waals surface area contributed by atoms with Crippen molar-refractivity contribution in [1.82, 2.24) is 0 Å². The zero-order chi connectivity index (χ0) is 32.3. The van der Waals surface area contributed by atoms with E-state index in [1.165, 1.54) is 99.1 Å². The van der Waals surface area contributed by atoms with Gasteiger partial charge in [-0.25, -0.2) is 0 Å². The summed E-state index contributed by atoms with van der Waals surface area (Å²) in [5, 5.41) is 7.59. The fourth-order valence-electron chi connectivity index (χ4n) is 8.29. The largest absolute Gasteiger partial charge is 0.0622 e. The van der Waals surface area contributed by atoms with Crippen LogP contribution in [0.15, 0.2) is 182 Å². The highest BCUT2D eigenvalue weighted by atomic mass is 14.3. The fraction of sp³-hybridized carbons (Fsp3) is 0.0204. The first-order valence-electron chi connectivity index (χ1n) is 17.1. The Morgan fingerprint density at radius 2 is 0.816 bits per heavy atom. The van der Waals surface area contributed by atoms with Gasteiger partial charge in [0.1, 0.15) is 0 Å². The second-order valence-electron chi connectivity index (χ2n) is 13.2. The molecule has 49 heavy (non-hydrogen) atoms. The number of hydrogen-bond donors (Lipinski definition) is 0. The highest BCUT2D eigenvalue weighted by Crippen LogP contribution is 2.50. The van der Waals surface area contributed by atoms with Gasteiger partial charge in [0, 0.05) is 0 Å². The maximum absolute atomic E-state index is 2.44. The fourth-order valence-corrected chi connectivity index (χ4v) is 8.29. The summed E-state index contributed by atoms with van der Waals surface area (Å²) in [4.78, 5) is 0. The Bertz CT molecular complexity index is 2670. The molecule has 0 aromatic heterocycles. The van der Waals surface area contributed by atoms with E-state index in [9.17, 15) is 0 Å². The Morgan fingerprint density at radius 3 is 1.57 bits per heavy atom. The summed E-state index contributed by atoms with van der Waals surface area (Å²) in [6.45, 7) is 0. The van der Waals surface area contributed by atoms with Crippen molar-refractivity contribution in [3.63, 3.8) is 0 Å². The Kier molecular flexibility index (Phi) is 6.35. The molecule has 0 amide bonds. The van der Waals surface area contributed by atoms with Crippen LogP contribution in [0.2, 0.25) is 0 Å². The highest BCUT2D eigenvalue weighted by molar-refractivity contribution is 6.24. The molecule has 9 aromatic rings. The van der Waals surface area contributed by atoms with E-state index in [0.717, 1.165) is 6.42 Å². The standard InChI is InChI=1S/C49H32/c1-2-14-33(15-3-1)41-23-12-24-42(36-27-28-40-38(31-36)30-35-17-6-7-18-39(35)40)48(41)49-45-21-10-8-19-43(45)47(44-20-9-11-22-46(44)49)37-26-25-32-13-4-5-16-34(32)29-37/h1-29,31H,30H2. The molecule has 0 saturated heterocycles. The summed E-state index contributed by atoms with van der Waals surface area (Å²) < 4.78 is 0. The molecule has 0 unspecified atom stereocenters. The first-order valence-corrected chi connectivity index (χ1v) is 17.1. The normalized spacial score (nSPS) is 12.0. The third-order valence-corrected chi connectivity index (χ3v) is 10.5. The van der Waals surface area contributed by atoms with Gasteiger partial charge in [-0.15, -0.1) is 0 Å². The van der Waals surface area contributed by atoms with E-state index in [1.807, 2.05) is 0 Å². The van der Waals surface area contributed by atoms with Crippen molar-refractivity contribution in [3.05, 3.63) is 193 Å². The second kappa shape index (κ2) is 11.2. The molecule has 228 valence electrons. The highest BCUT2D eigenvalue weighted by Gasteiger charge is 2.24. The molecule has 1 aliphatic carbocycles. The molecule has 0 aliphatic heterocycles. The topological polar surface area (TPSA) is 0 Å². The van der Waals surface area contributed by atoms with E-state index in [-0.39, 0.29) is 0 Å². The van der Waals surface area contributed by atoms with Gasteiger partial charge >= 0.3 is 0 Å².